The third kappa shape index (κ3) is 10.4. The first-order valence-electron chi connectivity index (χ1n) is 5.08. The normalized spacial score (nSPS) is 8.21. The molecule has 19 heavy (non-hydrogen) atoms. The quantitative estimate of drug-likeness (QED) is 0.573. The maximum atomic E-state index is 9.20. The molecule has 0 amide bonds. The third-order valence-corrected chi connectivity index (χ3v) is 1.54. The molecule has 7 nitrogen and oxygen atoms in total. The minimum Gasteiger partial charge on any atom is -0.504 e. The Hall–Kier alpha value is -2.44. The van der Waals surface area contributed by atoms with Crippen LogP contribution >= 0.6 is 0 Å². The highest BCUT2D eigenvalue weighted by atomic mass is 16.5. The molecule has 0 heterocycles. The van der Waals surface area contributed by atoms with Crippen molar-refractivity contribution < 1.29 is 34.8 Å². The standard InChI is InChI=1S/C8H10O3.2C2H4O2/c1-5-3-4-6(11-2)8(10)7(5)9;2*1-2(3)4/h3-4,9-10H,1-2H3;2*1H3,(H,3,4). The van der Waals surface area contributed by atoms with E-state index < -0.39 is 11.9 Å². The second kappa shape index (κ2) is 9.58. The number of benzene rings is 1. The molecule has 0 aromatic heterocycles. The van der Waals surface area contributed by atoms with Crippen LogP contribution in [0.25, 0.3) is 0 Å². The van der Waals surface area contributed by atoms with Crippen LogP contribution in [0.15, 0.2) is 12.1 Å². The van der Waals surface area contributed by atoms with Gasteiger partial charge in [0.1, 0.15) is 0 Å². The average Bonchev–Trinajstić information content (AvgIpc) is 2.25. The fraction of sp³-hybridized carbons (Fsp3) is 0.333. The van der Waals surface area contributed by atoms with E-state index in [1.54, 1.807) is 19.1 Å². The Bertz CT molecular complexity index is 406. The van der Waals surface area contributed by atoms with Crippen LogP contribution in [-0.2, 0) is 9.59 Å². The molecule has 0 spiro atoms. The smallest absolute Gasteiger partial charge is 0.300 e. The minimum absolute atomic E-state index is 0.121. The van der Waals surface area contributed by atoms with Gasteiger partial charge < -0.3 is 25.2 Å². The Morgan fingerprint density at radius 3 is 1.68 bits per heavy atom. The molecule has 0 radical (unpaired) electrons. The zero-order valence-electron chi connectivity index (χ0n) is 11.2. The summed E-state index contributed by atoms with van der Waals surface area (Å²) in [6, 6.07) is 3.28. The van der Waals surface area contributed by atoms with Crippen LogP contribution in [-0.4, -0.2) is 39.5 Å². The maximum Gasteiger partial charge on any atom is 0.300 e. The number of rotatable bonds is 1. The van der Waals surface area contributed by atoms with Crippen molar-refractivity contribution in [2.45, 2.75) is 20.8 Å². The highest BCUT2D eigenvalue weighted by Gasteiger charge is 2.07. The van der Waals surface area contributed by atoms with E-state index in [1.807, 2.05) is 0 Å². The molecular weight excluding hydrogens is 256 g/mol. The molecule has 0 saturated heterocycles. The lowest BCUT2D eigenvalue weighted by atomic mass is 10.2. The summed E-state index contributed by atoms with van der Waals surface area (Å²) in [4.78, 5) is 18.0. The van der Waals surface area contributed by atoms with Crippen LogP contribution in [0, 0.1) is 6.92 Å². The van der Waals surface area contributed by atoms with Gasteiger partial charge in [0.2, 0.25) is 5.75 Å². The van der Waals surface area contributed by atoms with Gasteiger partial charge in [0, 0.05) is 13.8 Å². The van der Waals surface area contributed by atoms with Gasteiger partial charge in [-0.1, -0.05) is 6.07 Å². The maximum absolute atomic E-state index is 9.20. The number of carboxylic acid groups (broad SMARTS) is 2. The van der Waals surface area contributed by atoms with E-state index in [0.29, 0.717) is 5.56 Å². The van der Waals surface area contributed by atoms with Crippen molar-refractivity contribution in [3.63, 3.8) is 0 Å². The highest BCUT2D eigenvalue weighted by Crippen LogP contribution is 2.36. The average molecular weight is 274 g/mol. The van der Waals surface area contributed by atoms with Crippen molar-refractivity contribution in [2.75, 3.05) is 7.11 Å². The number of aromatic hydroxyl groups is 2. The number of carbonyl (C=O) groups is 2. The molecule has 0 atom stereocenters. The van der Waals surface area contributed by atoms with Crippen molar-refractivity contribution in [1.29, 1.82) is 0 Å². The summed E-state index contributed by atoms with van der Waals surface area (Å²) in [5.74, 6) is -1.70. The van der Waals surface area contributed by atoms with E-state index in [-0.39, 0.29) is 17.2 Å². The van der Waals surface area contributed by atoms with Crippen LogP contribution in [0.4, 0.5) is 0 Å². The zero-order chi connectivity index (χ0) is 15.6. The lowest BCUT2D eigenvalue weighted by Crippen LogP contribution is -1.84. The fourth-order valence-corrected chi connectivity index (χ4v) is 0.827. The SMILES string of the molecule is CC(=O)O.CC(=O)O.COc1ccc(C)c(O)c1O. The van der Waals surface area contributed by atoms with Crippen LogP contribution in [0.3, 0.4) is 0 Å². The largest absolute Gasteiger partial charge is 0.504 e. The van der Waals surface area contributed by atoms with Gasteiger partial charge in [-0.3, -0.25) is 9.59 Å². The summed E-state index contributed by atoms with van der Waals surface area (Å²) in [5, 5.41) is 33.2. The highest BCUT2D eigenvalue weighted by molar-refractivity contribution is 5.63. The number of ether oxygens (including phenoxy) is 1. The molecule has 1 aromatic rings. The fourth-order valence-electron chi connectivity index (χ4n) is 0.827. The Morgan fingerprint density at radius 1 is 1.00 bits per heavy atom. The predicted molar refractivity (Wildman–Crippen MR) is 67.7 cm³/mol. The van der Waals surface area contributed by atoms with E-state index in [2.05, 4.69) is 0 Å². The van der Waals surface area contributed by atoms with E-state index in [9.17, 15) is 10.2 Å². The van der Waals surface area contributed by atoms with Gasteiger partial charge >= 0.3 is 0 Å². The molecule has 1 rings (SSSR count). The Kier molecular flexibility index (Phi) is 9.53. The summed E-state index contributed by atoms with van der Waals surface area (Å²) in [6.07, 6.45) is 0. The summed E-state index contributed by atoms with van der Waals surface area (Å²) in [6.45, 7) is 3.87. The number of carboxylic acids is 2. The van der Waals surface area contributed by atoms with Gasteiger partial charge in [-0.2, -0.15) is 0 Å². The molecule has 4 N–H and O–H groups in total. The van der Waals surface area contributed by atoms with Crippen molar-refractivity contribution in [2.24, 2.45) is 0 Å². The molecule has 1 aromatic carbocycles. The summed E-state index contributed by atoms with van der Waals surface area (Å²) >= 11 is 0. The molecule has 0 fully saturated rings. The Labute approximate surface area is 110 Å². The monoisotopic (exact) mass is 274 g/mol. The number of aliphatic carboxylic acids is 2. The van der Waals surface area contributed by atoms with Gasteiger partial charge in [0.15, 0.2) is 11.5 Å². The van der Waals surface area contributed by atoms with Gasteiger partial charge in [-0.25, -0.2) is 0 Å². The van der Waals surface area contributed by atoms with Gasteiger partial charge in [0.05, 0.1) is 7.11 Å². The lowest BCUT2D eigenvalue weighted by Gasteiger charge is -2.05. The minimum atomic E-state index is -0.833. The molecule has 0 saturated carbocycles. The molecule has 7 heteroatoms. The number of phenolic OH excluding ortho intramolecular Hbond substituents is 2. The molecule has 0 aliphatic heterocycles. The Morgan fingerprint density at radius 2 is 1.37 bits per heavy atom. The van der Waals surface area contributed by atoms with Crippen molar-refractivity contribution in [3.8, 4) is 17.2 Å². The molecule has 108 valence electrons. The number of methoxy groups -OCH3 is 1. The third-order valence-electron chi connectivity index (χ3n) is 1.54. The van der Waals surface area contributed by atoms with Gasteiger partial charge in [-0.05, 0) is 18.6 Å². The van der Waals surface area contributed by atoms with Gasteiger partial charge in [-0.15, -0.1) is 0 Å². The molecular formula is C12H18O7. The number of phenols is 2. The van der Waals surface area contributed by atoms with E-state index in [0.717, 1.165) is 13.8 Å². The van der Waals surface area contributed by atoms with Crippen LogP contribution in [0.1, 0.15) is 19.4 Å². The molecule has 0 aliphatic carbocycles. The summed E-state index contributed by atoms with van der Waals surface area (Å²) in [7, 11) is 1.43. The lowest BCUT2D eigenvalue weighted by molar-refractivity contribution is -0.135. The second-order valence-electron chi connectivity index (χ2n) is 3.32. The number of hydrogen-bond acceptors (Lipinski definition) is 5. The van der Waals surface area contributed by atoms with Crippen molar-refractivity contribution in [1.82, 2.24) is 0 Å². The molecule has 0 aliphatic rings. The second-order valence-corrected chi connectivity index (χ2v) is 3.32. The van der Waals surface area contributed by atoms with Crippen LogP contribution in [0.2, 0.25) is 0 Å². The van der Waals surface area contributed by atoms with Crippen molar-refractivity contribution in [3.05, 3.63) is 17.7 Å². The summed E-state index contributed by atoms with van der Waals surface area (Å²) < 4.78 is 4.77. The molecule has 0 bridgehead atoms. The summed E-state index contributed by atoms with van der Waals surface area (Å²) in [5.41, 5.74) is 0.628. The van der Waals surface area contributed by atoms with Crippen LogP contribution in [0.5, 0.6) is 17.2 Å². The van der Waals surface area contributed by atoms with Gasteiger partial charge in [0.25, 0.3) is 11.9 Å². The van der Waals surface area contributed by atoms with E-state index in [1.165, 1.54) is 7.11 Å². The molecule has 0 unspecified atom stereocenters. The first-order chi connectivity index (χ1) is 8.63. The topological polar surface area (TPSA) is 124 Å². The van der Waals surface area contributed by atoms with Crippen LogP contribution < -0.4 is 4.74 Å². The predicted octanol–water partition coefficient (Wildman–Crippen LogP) is 1.60. The number of hydrogen-bond donors (Lipinski definition) is 4. The van der Waals surface area contributed by atoms with Crippen molar-refractivity contribution >= 4 is 11.9 Å². The number of aryl methyl sites for hydroxylation is 1. The zero-order valence-corrected chi connectivity index (χ0v) is 11.2. The van der Waals surface area contributed by atoms with E-state index in [4.69, 9.17) is 24.5 Å². The van der Waals surface area contributed by atoms with E-state index >= 15 is 0 Å². The Balaban J connectivity index is 0. The first-order valence-corrected chi connectivity index (χ1v) is 5.08. The first kappa shape index (κ1) is 18.9.